The SMILES string of the molecule is Cc1cc(Cl)ccc1C[Si](Cl)(Cl)Cl. The summed E-state index contributed by atoms with van der Waals surface area (Å²) in [5.74, 6) is 0. The predicted octanol–water partition coefficient (Wildman–Crippen LogP) is 4.39. The van der Waals surface area contributed by atoms with E-state index in [2.05, 4.69) is 0 Å². The Kier molecular flexibility index (Phi) is 3.96. The molecule has 72 valence electrons. The summed E-state index contributed by atoms with van der Waals surface area (Å²) in [4.78, 5) is 0. The summed E-state index contributed by atoms with van der Waals surface area (Å²) < 4.78 is 0. The summed E-state index contributed by atoms with van der Waals surface area (Å²) in [6.45, 7) is 1.96. The van der Waals surface area contributed by atoms with Crippen molar-refractivity contribution in [3.8, 4) is 0 Å². The highest BCUT2D eigenvalue weighted by atomic mass is 35.8. The van der Waals surface area contributed by atoms with Gasteiger partial charge in [0.25, 0.3) is 0 Å². The Bertz CT molecular complexity index is 306. The van der Waals surface area contributed by atoms with Crippen molar-refractivity contribution in [3.05, 3.63) is 34.3 Å². The van der Waals surface area contributed by atoms with Crippen LogP contribution in [0.5, 0.6) is 0 Å². The number of benzene rings is 1. The smallest absolute Gasteiger partial charge is 0.126 e. The Hall–Kier alpha value is 0.597. The minimum absolute atomic E-state index is 0.542. The average Bonchev–Trinajstić information content (AvgIpc) is 1.93. The van der Waals surface area contributed by atoms with E-state index < -0.39 is 6.00 Å². The third-order valence-electron chi connectivity index (χ3n) is 1.70. The van der Waals surface area contributed by atoms with Crippen molar-refractivity contribution in [3.63, 3.8) is 0 Å². The van der Waals surface area contributed by atoms with E-state index in [0.717, 1.165) is 11.1 Å². The van der Waals surface area contributed by atoms with Crippen LogP contribution < -0.4 is 0 Å². The Labute approximate surface area is 97.9 Å². The van der Waals surface area contributed by atoms with Gasteiger partial charge in [-0.2, -0.15) is 0 Å². The molecule has 0 unspecified atom stereocenters. The maximum absolute atomic E-state index is 5.82. The lowest BCUT2D eigenvalue weighted by Gasteiger charge is -2.10. The van der Waals surface area contributed by atoms with Gasteiger partial charge in [-0.1, -0.05) is 17.7 Å². The van der Waals surface area contributed by atoms with Gasteiger partial charge in [-0.05, 0) is 30.2 Å². The fraction of sp³-hybridized carbons (Fsp3) is 0.250. The highest BCUT2D eigenvalue weighted by Crippen LogP contribution is 2.27. The predicted molar refractivity (Wildman–Crippen MR) is 63.2 cm³/mol. The Morgan fingerprint density at radius 1 is 1.23 bits per heavy atom. The van der Waals surface area contributed by atoms with Gasteiger partial charge >= 0.3 is 6.00 Å². The Morgan fingerprint density at radius 3 is 2.31 bits per heavy atom. The van der Waals surface area contributed by atoms with Crippen LogP contribution in [0.15, 0.2) is 18.2 Å². The highest BCUT2D eigenvalue weighted by molar-refractivity contribution is 7.64. The molecule has 0 aliphatic rings. The zero-order valence-electron chi connectivity index (χ0n) is 6.95. The number of hydrogen-bond donors (Lipinski definition) is 0. The van der Waals surface area contributed by atoms with Gasteiger partial charge in [-0.3, -0.25) is 0 Å². The molecule has 1 aromatic carbocycles. The molecule has 0 saturated heterocycles. The molecule has 0 spiro atoms. The molecule has 1 rings (SSSR count). The topological polar surface area (TPSA) is 0 Å². The summed E-state index contributed by atoms with van der Waals surface area (Å²) in [5, 5.41) is 0.715. The molecule has 5 heteroatoms. The van der Waals surface area contributed by atoms with Crippen molar-refractivity contribution in [2.24, 2.45) is 0 Å². The molecule has 0 aromatic heterocycles. The first kappa shape index (κ1) is 11.7. The van der Waals surface area contributed by atoms with Crippen molar-refractivity contribution in [1.82, 2.24) is 0 Å². The number of aryl methyl sites for hydroxylation is 1. The normalized spacial score (nSPS) is 11.8. The maximum Gasteiger partial charge on any atom is 0.345 e. The molecule has 0 fully saturated rings. The first-order valence-electron chi connectivity index (χ1n) is 3.70. The van der Waals surface area contributed by atoms with E-state index in [1.807, 2.05) is 25.1 Å². The highest BCUT2D eigenvalue weighted by Gasteiger charge is 2.25. The zero-order chi connectivity index (χ0) is 10.1. The molecule has 0 saturated carbocycles. The molecular formula is C8H8Cl4Si. The second kappa shape index (κ2) is 4.41. The van der Waals surface area contributed by atoms with Crippen LogP contribution in [-0.4, -0.2) is 6.00 Å². The summed E-state index contributed by atoms with van der Waals surface area (Å²) in [6, 6.07) is 3.57. The molecule has 13 heavy (non-hydrogen) atoms. The van der Waals surface area contributed by atoms with Crippen LogP contribution in [0.25, 0.3) is 0 Å². The Morgan fingerprint density at radius 2 is 1.85 bits per heavy atom. The molecular weight excluding hydrogens is 266 g/mol. The number of hydrogen-bond acceptors (Lipinski definition) is 0. The average molecular weight is 274 g/mol. The van der Waals surface area contributed by atoms with Gasteiger partial charge in [0, 0.05) is 11.1 Å². The van der Waals surface area contributed by atoms with Gasteiger partial charge in [0.2, 0.25) is 0 Å². The third-order valence-corrected chi connectivity index (χ3v) is 3.92. The van der Waals surface area contributed by atoms with Crippen molar-refractivity contribution in [2.75, 3.05) is 0 Å². The van der Waals surface area contributed by atoms with E-state index in [9.17, 15) is 0 Å². The van der Waals surface area contributed by atoms with Crippen molar-refractivity contribution < 1.29 is 0 Å². The van der Waals surface area contributed by atoms with E-state index in [1.54, 1.807) is 0 Å². The molecule has 0 heterocycles. The first-order chi connectivity index (χ1) is 5.88. The lowest BCUT2D eigenvalue weighted by Crippen LogP contribution is -2.15. The number of rotatable bonds is 2. The van der Waals surface area contributed by atoms with Crippen molar-refractivity contribution in [2.45, 2.75) is 13.0 Å². The van der Waals surface area contributed by atoms with Gasteiger partial charge in [-0.25, -0.2) is 0 Å². The molecule has 0 aliphatic carbocycles. The maximum atomic E-state index is 5.82. The molecule has 0 nitrogen and oxygen atoms in total. The monoisotopic (exact) mass is 272 g/mol. The van der Waals surface area contributed by atoms with Crippen LogP contribution in [0.2, 0.25) is 5.02 Å². The fourth-order valence-electron chi connectivity index (χ4n) is 1.07. The fourth-order valence-corrected chi connectivity index (χ4v) is 3.42. The number of halogens is 4. The molecule has 0 atom stereocenters. The van der Waals surface area contributed by atoms with E-state index in [4.69, 9.17) is 44.8 Å². The minimum Gasteiger partial charge on any atom is -0.126 e. The van der Waals surface area contributed by atoms with Crippen LogP contribution >= 0.6 is 44.8 Å². The van der Waals surface area contributed by atoms with E-state index in [0.29, 0.717) is 11.1 Å². The Balaban J connectivity index is 2.90. The second-order valence-electron chi connectivity index (χ2n) is 2.86. The largest absolute Gasteiger partial charge is 0.345 e. The lowest BCUT2D eigenvalue weighted by molar-refractivity contribution is 1.29. The second-order valence-corrected chi connectivity index (χ2v) is 12.4. The van der Waals surface area contributed by atoms with Gasteiger partial charge in [0.1, 0.15) is 0 Å². The van der Waals surface area contributed by atoms with Crippen LogP contribution in [0, 0.1) is 6.92 Å². The molecule has 0 radical (unpaired) electrons. The zero-order valence-corrected chi connectivity index (χ0v) is 11.0. The van der Waals surface area contributed by atoms with Gasteiger partial charge < -0.3 is 0 Å². The van der Waals surface area contributed by atoms with Gasteiger partial charge in [0.05, 0.1) is 0 Å². The van der Waals surface area contributed by atoms with Crippen molar-refractivity contribution >= 4 is 50.8 Å². The minimum atomic E-state index is -2.57. The van der Waals surface area contributed by atoms with Gasteiger partial charge in [-0.15, -0.1) is 33.2 Å². The van der Waals surface area contributed by atoms with Gasteiger partial charge in [0.15, 0.2) is 0 Å². The molecule has 1 aromatic rings. The summed E-state index contributed by atoms with van der Waals surface area (Å²) >= 11 is 23.2. The van der Waals surface area contributed by atoms with E-state index >= 15 is 0 Å². The standard InChI is InChI=1S/C8H8Cl4Si/c1-6-4-8(9)3-2-7(6)5-13(10,11)12/h2-4H,5H2,1H3. The summed E-state index contributed by atoms with van der Waals surface area (Å²) in [6.07, 6.45) is 0. The van der Waals surface area contributed by atoms with Crippen LogP contribution in [0.3, 0.4) is 0 Å². The quantitative estimate of drug-likeness (QED) is 0.554. The molecule has 0 N–H and O–H groups in total. The molecule has 0 amide bonds. The first-order valence-corrected chi connectivity index (χ1v) is 9.32. The van der Waals surface area contributed by atoms with Crippen LogP contribution in [-0.2, 0) is 6.04 Å². The van der Waals surface area contributed by atoms with E-state index in [1.165, 1.54) is 0 Å². The summed E-state index contributed by atoms with van der Waals surface area (Å²) in [7, 11) is 0. The summed E-state index contributed by atoms with van der Waals surface area (Å²) in [5.41, 5.74) is 2.14. The van der Waals surface area contributed by atoms with Crippen LogP contribution in [0.1, 0.15) is 11.1 Å². The van der Waals surface area contributed by atoms with Crippen molar-refractivity contribution in [1.29, 1.82) is 0 Å². The third kappa shape index (κ3) is 4.09. The molecule has 0 aliphatic heterocycles. The van der Waals surface area contributed by atoms with Crippen LogP contribution in [0.4, 0.5) is 0 Å². The molecule has 0 bridgehead atoms. The van der Waals surface area contributed by atoms with E-state index in [-0.39, 0.29) is 0 Å². The lowest BCUT2D eigenvalue weighted by atomic mass is 10.1.